The lowest BCUT2D eigenvalue weighted by Gasteiger charge is -2.12. The lowest BCUT2D eigenvalue weighted by molar-refractivity contribution is 0.414. The Labute approximate surface area is 155 Å². The standard InChI is InChI=1S/C21H24O2SSi/c1-22-17-10-6-15(7-11-17)19-14-20(25(3,4)5)24-21(19)16-8-12-18(23-2)13-9-16/h6-14H,1-5H3. The van der Waals surface area contributed by atoms with Crippen LogP contribution in [0.3, 0.4) is 0 Å². The molecule has 130 valence electrons. The van der Waals surface area contributed by atoms with Gasteiger partial charge in [-0.25, -0.2) is 0 Å². The molecule has 0 aliphatic rings. The zero-order valence-corrected chi connectivity index (χ0v) is 17.2. The monoisotopic (exact) mass is 368 g/mol. The molecule has 3 rings (SSSR count). The predicted octanol–water partition coefficient (Wildman–Crippen LogP) is 5.64. The predicted molar refractivity (Wildman–Crippen MR) is 111 cm³/mol. The van der Waals surface area contributed by atoms with E-state index in [2.05, 4.69) is 50.0 Å². The molecule has 0 aliphatic carbocycles. The lowest BCUT2D eigenvalue weighted by atomic mass is 10.0. The van der Waals surface area contributed by atoms with Gasteiger partial charge in [-0.15, -0.1) is 11.3 Å². The van der Waals surface area contributed by atoms with Gasteiger partial charge in [0, 0.05) is 10.4 Å². The van der Waals surface area contributed by atoms with Gasteiger partial charge in [-0.2, -0.15) is 0 Å². The van der Waals surface area contributed by atoms with Crippen molar-refractivity contribution in [3.63, 3.8) is 0 Å². The topological polar surface area (TPSA) is 18.5 Å². The quantitative estimate of drug-likeness (QED) is 0.542. The van der Waals surface area contributed by atoms with Gasteiger partial charge in [0.1, 0.15) is 11.5 Å². The summed E-state index contributed by atoms with van der Waals surface area (Å²) in [5.41, 5.74) is 3.77. The number of rotatable bonds is 5. The summed E-state index contributed by atoms with van der Waals surface area (Å²) in [6.45, 7) is 7.19. The summed E-state index contributed by atoms with van der Waals surface area (Å²) in [6.07, 6.45) is 0. The summed E-state index contributed by atoms with van der Waals surface area (Å²) in [4.78, 5) is 1.32. The molecule has 0 atom stereocenters. The van der Waals surface area contributed by atoms with E-state index in [1.54, 1.807) is 14.2 Å². The Balaban J connectivity index is 2.12. The first-order valence-corrected chi connectivity index (χ1v) is 12.7. The molecule has 3 aromatic rings. The molecule has 0 saturated carbocycles. The molecule has 1 heterocycles. The molecular formula is C21H24O2SSi. The first kappa shape index (κ1) is 17.8. The van der Waals surface area contributed by atoms with Crippen molar-refractivity contribution in [2.45, 2.75) is 19.6 Å². The molecule has 0 bridgehead atoms. The minimum absolute atomic E-state index is 0.885. The van der Waals surface area contributed by atoms with E-state index in [0.717, 1.165) is 11.5 Å². The summed E-state index contributed by atoms with van der Waals surface area (Å²) < 4.78 is 12.1. The van der Waals surface area contributed by atoms with E-state index in [1.165, 1.54) is 26.1 Å². The van der Waals surface area contributed by atoms with Crippen LogP contribution in [-0.4, -0.2) is 22.3 Å². The maximum Gasteiger partial charge on any atom is 0.118 e. The van der Waals surface area contributed by atoms with Crippen molar-refractivity contribution in [2.75, 3.05) is 14.2 Å². The molecule has 0 N–H and O–H groups in total. The molecule has 4 heteroatoms. The van der Waals surface area contributed by atoms with Gasteiger partial charge >= 0.3 is 0 Å². The van der Waals surface area contributed by atoms with Crippen LogP contribution in [-0.2, 0) is 0 Å². The maximum atomic E-state index is 5.30. The third kappa shape index (κ3) is 3.80. The van der Waals surface area contributed by atoms with Crippen molar-refractivity contribution in [2.24, 2.45) is 0 Å². The third-order valence-electron chi connectivity index (χ3n) is 4.22. The van der Waals surface area contributed by atoms with Gasteiger partial charge in [-0.1, -0.05) is 31.8 Å². The van der Waals surface area contributed by atoms with Crippen LogP contribution in [0.1, 0.15) is 0 Å². The minimum Gasteiger partial charge on any atom is -0.497 e. The fourth-order valence-corrected chi connectivity index (χ4v) is 5.75. The number of ether oxygens (including phenoxy) is 2. The SMILES string of the molecule is COc1ccc(-c2cc([Si](C)(C)C)sc2-c2ccc(OC)cc2)cc1. The minimum atomic E-state index is -1.38. The average Bonchev–Trinajstić information content (AvgIpc) is 3.07. The Bertz CT molecular complexity index is 778. The molecule has 2 nitrogen and oxygen atoms in total. The molecule has 0 radical (unpaired) electrons. The van der Waals surface area contributed by atoms with Crippen LogP contribution in [0.25, 0.3) is 21.6 Å². The van der Waals surface area contributed by atoms with Crippen LogP contribution >= 0.6 is 11.3 Å². The first-order valence-electron chi connectivity index (χ1n) is 8.35. The lowest BCUT2D eigenvalue weighted by Crippen LogP contribution is -2.34. The number of hydrogen-bond acceptors (Lipinski definition) is 3. The van der Waals surface area contributed by atoms with Crippen molar-refractivity contribution in [3.8, 4) is 33.1 Å². The van der Waals surface area contributed by atoms with Gasteiger partial charge in [0.05, 0.1) is 22.3 Å². The Morgan fingerprint density at radius 2 is 1.20 bits per heavy atom. The first-order chi connectivity index (χ1) is 11.9. The van der Waals surface area contributed by atoms with Crippen molar-refractivity contribution >= 4 is 23.9 Å². The van der Waals surface area contributed by atoms with E-state index >= 15 is 0 Å². The Hall–Kier alpha value is -2.04. The zero-order valence-electron chi connectivity index (χ0n) is 15.4. The number of benzene rings is 2. The van der Waals surface area contributed by atoms with Gasteiger partial charge in [-0.05, 0) is 58.1 Å². The molecule has 0 spiro atoms. The van der Waals surface area contributed by atoms with Gasteiger partial charge in [0.2, 0.25) is 0 Å². The summed E-state index contributed by atoms with van der Waals surface area (Å²) >= 11 is 1.93. The highest BCUT2D eigenvalue weighted by Crippen LogP contribution is 2.38. The van der Waals surface area contributed by atoms with Gasteiger partial charge in [0.25, 0.3) is 0 Å². The molecule has 0 aliphatic heterocycles. The average molecular weight is 369 g/mol. The van der Waals surface area contributed by atoms with E-state index in [9.17, 15) is 0 Å². The third-order valence-corrected chi connectivity index (χ3v) is 8.99. The van der Waals surface area contributed by atoms with Gasteiger partial charge < -0.3 is 9.47 Å². The highest BCUT2D eigenvalue weighted by atomic mass is 32.1. The van der Waals surface area contributed by atoms with Crippen molar-refractivity contribution in [3.05, 3.63) is 54.6 Å². The largest absolute Gasteiger partial charge is 0.497 e. The van der Waals surface area contributed by atoms with E-state index in [0.29, 0.717) is 0 Å². The Kier molecular flexibility index (Phi) is 5.02. The summed E-state index contributed by atoms with van der Waals surface area (Å²) in [5.74, 6) is 1.77. The molecule has 0 saturated heterocycles. The number of methoxy groups -OCH3 is 2. The summed E-state index contributed by atoms with van der Waals surface area (Å²) in [7, 11) is 2.02. The van der Waals surface area contributed by atoms with Gasteiger partial charge in [-0.3, -0.25) is 0 Å². The molecule has 2 aromatic carbocycles. The van der Waals surface area contributed by atoms with Crippen molar-refractivity contribution in [1.82, 2.24) is 0 Å². The van der Waals surface area contributed by atoms with E-state index in [-0.39, 0.29) is 0 Å². The highest BCUT2D eigenvalue weighted by molar-refractivity contribution is 7.29. The maximum absolute atomic E-state index is 5.30. The smallest absolute Gasteiger partial charge is 0.118 e. The van der Waals surface area contributed by atoms with Crippen molar-refractivity contribution in [1.29, 1.82) is 0 Å². The molecule has 0 unspecified atom stereocenters. The van der Waals surface area contributed by atoms with E-state index in [1.807, 2.05) is 35.6 Å². The fourth-order valence-electron chi connectivity index (χ4n) is 2.70. The Morgan fingerprint density at radius 3 is 1.64 bits per heavy atom. The van der Waals surface area contributed by atoms with Crippen LogP contribution < -0.4 is 14.0 Å². The molecule has 0 amide bonds. The highest BCUT2D eigenvalue weighted by Gasteiger charge is 2.22. The summed E-state index contributed by atoms with van der Waals surface area (Å²) in [5, 5.41) is 0. The molecular weight excluding hydrogens is 344 g/mol. The number of thiophene rings is 1. The second-order valence-corrected chi connectivity index (χ2v) is 13.5. The summed E-state index contributed by atoms with van der Waals surface area (Å²) in [6, 6.07) is 19.1. The Morgan fingerprint density at radius 1 is 0.720 bits per heavy atom. The van der Waals surface area contributed by atoms with Crippen LogP contribution in [0.15, 0.2) is 54.6 Å². The van der Waals surface area contributed by atoms with E-state index in [4.69, 9.17) is 9.47 Å². The molecule has 0 fully saturated rings. The van der Waals surface area contributed by atoms with E-state index < -0.39 is 8.07 Å². The zero-order chi connectivity index (χ0) is 18.0. The van der Waals surface area contributed by atoms with Crippen LogP contribution in [0, 0.1) is 0 Å². The number of hydrogen-bond donors (Lipinski definition) is 0. The van der Waals surface area contributed by atoms with Gasteiger partial charge in [0.15, 0.2) is 0 Å². The van der Waals surface area contributed by atoms with Crippen molar-refractivity contribution < 1.29 is 9.47 Å². The van der Waals surface area contributed by atoms with Crippen LogP contribution in [0.4, 0.5) is 0 Å². The second kappa shape index (κ2) is 7.06. The fraction of sp³-hybridized carbons (Fsp3) is 0.238. The molecule has 25 heavy (non-hydrogen) atoms. The normalized spacial score (nSPS) is 11.4. The molecule has 1 aromatic heterocycles. The van der Waals surface area contributed by atoms with Crippen LogP contribution in [0.2, 0.25) is 19.6 Å². The van der Waals surface area contributed by atoms with Crippen LogP contribution in [0.5, 0.6) is 11.5 Å². The second-order valence-electron chi connectivity index (χ2n) is 7.06.